The molecule has 0 bridgehead atoms. The van der Waals surface area contributed by atoms with Gasteiger partial charge in [-0.3, -0.25) is 9.78 Å². The molecule has 0 atom stereocenters. The fraction of sp³-hybridized carbons (Fsp3) is 0.300. The van der Waals surface area contributed by atoms with Crippen LogP contribution in [0.25, 0.3) is 0 Å². The number of nitrogen functional groups attached to an aromatic ring is 1. The lowest BCUT2D eigenvalue weighted by atomic mass is 10.1. The first-order valence-electron chi connectivity index (χ1n) is 4.48. The second-order valence-corrected chi connectivity index (χ2v) is 2.95. The van der Waals surface area contributed by atoms with E-state index in [0.29, 0.717) is 12.0 Å². The lowest BCUT2D eigenvalue weighted by Gasteiger charge is -2.10. The van der Waals surface area contributed by atoms with Crippen LogP contribution in [-0.4, -0.2) is 5.97 Å². The average Bonchev–Trinajstić information content (AvgIpc) is 2.19. The lowest BCUT2D eigenvalue weighted by Crippen LogP contribution is -2.06. The minimum atomic E-state index is -0.583. The molecule has 15 heavy (non-hydrogen) atoms. The van der Waals surface area contributed by atoms with Crippen molar-refractivity contribution >= 4 is 11.7 Å². The highest BCUT2D eigenvalue weighted by atomic mass is 19.1. The van der Waals surface area contributed by atoms with E-state index in [9.17, 15) is 9.18 Å². The van der Waals surface area contributed by atoms with Crippen molar-refractivity contribution < 1.29 is 19.0 Å². The molecule has 0 amide bonds. The van der Waals surface area contributed by atoms with E-state index in [4.69, 9.17) is 10.6 Å². The summed E-state index contributed by atoms with van der Waals surface area (Å²) in [6.07, 6.45) is 0.486. The zero-order valence-electron chi connectivity index (χ0n) is 8.54. The summed E-state index contributed by atoms with van der Waals surface area (Å²) in [5.41, 5.74) is 6.00. The Morgan fingerprint density at radius 2 is 2.20 bits per heavy atom. The molecule has 1 aromatic carbocycles. The molecule has 0 fully saturated rings. The zero-order valence-corrected chi connectivity index (χ0v) is 8.54. The zero-order chi connectivity index (χ0) is 11.4. The van der Waals surface area contributed by atoms with E-state index >= 15 is 0 Å². The molecule has 82 valence electrons. The molecule has 0 aliphatic carbocycles. The molecule has 0 saturated heterocycles. The first kappa shape index (κ1) is 11.3. The quantitative estimate of drug-likeness (QED) is 0.472. The number of rotatable bonds is 3. The Kier molecular flexibility index (Phi) is 3.49. The monoisotopic (exact) mass is 213 g/mol. The first-order chi connectivity index (χ1) is 7.06. The average molecular weight is 213 g/mol. The fourth-order valence-corrected chi connectivity index (χ4v) is 1.16. The summed E-state index contributed by atoms with van der Waals surface area (Å²) in [6.45, 7) is 3.00. The normalized spacial score (nSPS) is 9.80. The van der Waals surface area contributed by atoms with Crippen LogP contribution in [0.15, 0.2) is 12.1 Å². The summed E-state index contributed by atoms with van der Waals surface area (Å²) in [5, 5.41) is 0. The van der Waals surface area contributed by atoms with Crippen molar-refractivity contribution in [1.29, 1.82) is 0 Å². The highest BCUT2D eigenvalue weighted by molar-refractivity contribution is 5.65. The molecular formula is C10H12FNO3. The Morgan fingerprint density at radius 1 is 1.53 bits per heavy atom. The first-order valence-corrected chi connectivity index (χ1v) is 4.48. The van der Waals surface area contributed by atoms with Gasteiger partial charge in [-0.05, 0) is 18.6 Å². The van der Waals surface area contributed by atoms with Gasteiger partial charge in [0.15, 0.2) is 5.75 Å². The highest BCUT2D eigenvalue weighted by Gasteiger charge is 2.12. The Morgan fingerprint density at radius 3 is 2.73 bits per heavy atom. The molecule has 2 N–H and O–H groups in total. The minimum Gasteiger partial charge on any atom is -0.396 e. The van der Waals surface area contributed by atoms with Crippen molar-refractivity contribution in [3.63, 3.8) is 0 Å². The van der Waals surface area contributed by atoms with Gasteiger partial charge in [-0.15, -0.1) is 0 Å². The van der Waals surface area contributed by atoms with Gasteiger partial charge in [0.2, 0.25) is 0 Å². The second-order valence-electron chi connectivity index (χ2n) is 2.95. The lowest BCUT2D eigenvalue weighted by molar-refractivity contribution is -0.211. The predicted molar refractivity (Wildman–Crippen MR) is 52.6 cm³/mol. The number of halogens is 1. The smallest absolute Gasteiger partial charge is 0.352 e. The molecule has 0 aromatic heterocycles. The van der Waals surface area contributed by atoms with Crippen LogP contribution in [-0.2, 0) is 16.1 Å². The van der Waals surface area contributed by atoms with Crippen LogP contribution in [0.3, 0.4) is 0 Å². The van der Waals surface area contributed by atoms with E-state index in [1.807, 2.05) is 0 Å². The molecule has 0 saturated carbocycles. The molecule has 0 spiro atoms. The van der Waals surface area contributed by atoms with Crippen molar-refractivity contribution in [2.45, 2.75) is 20.3 Å². The Labute approximate surface area is 86.7 Å². The van der Waals surface area contributed by atoms with Gasteiger partial charge in [0.25, 0.3) is 0 Å². The minimum absolute atomic E-state index is 0.0159. The Bertz CT molecular complexity index is 379. The van der Waals surface area contributed by atoms with Crippen molar-refractivity contribution in [1.82, 2.24) is 0 Å². The largest absolute Gasteiger partial charge is 0.396 e. The van der Waals surface area contributed by atoms with Gasteiger partial charge in [0.05, 0.1) is 5.69 Å². The number of nitrogens with two attached hydrogens (primary N) is 1. The van der Waals surface area contributed by atoms with Gasteiger partial charge >= 0.3 is 5.97 Å². The third kappa shape index (κ3) is 2.59. The summed E-state index contributed by atoms with van der Waals surface area (Å²) in [6, 6.07) is 2.53. The molecule has 4 nitrogen and oxygen atoms in total. The van der Waals surface area contributed by atoms with E-state index in [-0.39, 0.29) is 11.4 Å². The number of anilines is 1. The second kappa shape index (κ2) is 4.63. The fourth-order valence-electron chi connectivity index (χ4n) is 1.16. The highest BCUT2D eigenvalue weighted by Crippen LogP contribution is 2.27. The SMILES string of the molecule is CCc1c(OOC(C)=O)ccc(F)c1N. The van der Waals surface area contributed by atoms with Crippen LogP contribution in [0.2, 0.25) is 0 Å². The molecule has 1 rings (SSSR count). The maximum atomic E-state index is 13.1. The van der Waals surface area contributed by atoms with Crippen LogP contribution in [0.5, 0.6) is 5.75 Å². The molecule has 0 heterocycles. The van der Waals surface area contributed by atoms with Crippen molar-refractivity contribution in [3.05, 3.63) is 23.5 Å². The number of carbonyl (C=O) groups is 1. The van der Waals surface area contributed by atoms with Crippen molar-refractivity contribution in [3.8, 4) is 5.75 Å². The van der Waals surface area contributed by atoms with Crippen LogP contribution in [0, 0.1) is 5.82 Å². The third-order valence-electron chi connectivity index (χ3n) is 1.86. The van der Waals surface area contributed by atoms with E-state index in [1.54, 1.807) is 6.92 Å². The van der Waals surface area contributed by atoms with E-state index in [1.165, 1.54) is 13.0 Å². The maximum absolute atomic E-state index is 13.1. The van der Waals surface area contributed by atoms with Gasteiger partial charge < -0.3 is 5.73 Å². The number of carbonyl (C=O) groups excluding carboxylic acids is 1. The maximum Gasteiger partial charge on any atom is 0.352 e. The van der Waals surface area contributed by atoms with Crippen LogP contribution in [0.1, 0.15) is 19.4 Å². The van der Waals surface area contributed by atoms with Gasteiger partial charge in [-0.2, -0.15) is 0 Å². The topological polar surface area (TPSA) is 61.5 Å². The summed E-state index contributed by atoms with van der Waals surface area (Å²) in [5.74, 6) is -0.839. The summed E-state index contributed by atoms with van der Waals surface area (Å²) in [4.78, 5) is 19.6. The standard InChI is InChI=1S/C10H12FNO3/c1-3-7-9(15-14-6(2)13)5-4-8(11)10(7)12/h4-5H,3,12H2,1-2H3. The number of hydrogen-bond acceptors (Lipinski definition) is 4. The van der Waals surface area contributed by atoms with Crippen LogP contribution >= 0.6 is 0 Å². The molecule has 0 unspecified atom stereocenters. The molecular weight excluding hydrogens is 201 g/mol. The van der Waals surface area contributed by atoms with Gasteiger partial charge in [0, 0.05) is 12.5 Å². The van der Waals surface area contributed by atoms with Crippen LogP contribution < -0.4 is 10.6 Å². The Hall–Kier alpha value is -1.78. The van der Waals surface area contributed by atoms with Gasteiger partial charge in [-0.25, -0.2) is 9.18 Å². The van der Waals surface area contributed by atoms with Crippen LogP contribution in [0.4, 0.5) is 10.1 Å². The molecule has 1 aromatic rings. The Balaban J connectivity index is 2.97. The summed E-state index contributed by atoms with van der Waals surface area (Å²) < 4.78 is 13.1. The summed E-state index contributed by atoms with van der Waals surface area (Å²) >= 11 is 0. The van der Waals surface area contributed by atoms with Crippen molar-refractivity contribution in [2.24, 2.45) is 0 Å². The van der Waals surface area contributed by atoms with E-state index in [0.717, 1.165) is 6.07 Å². The van der Waals surface area contributed by atoms with Gasteiger partial charge in [-0.1, -0.05) is 6.92 Å². The van der Waals surface area contributed by atoms with E-state index < -0.39 is 11.8 Å². The van der Waals surface area contributed by atoms with E-state index in [2.05, 4.69) is 4.89 Å². The van der Waals surface area contributed by atoms with Crippen molar-refractivity contribution in [2.75, 3.05) is 5.73 Å². The molecule has 0 aliphatic rings. The predicted octanol–water partition coefficient (Wildman–Crippen LogP) is 1.83. The molecule has 5 heteroatoms. The summed E-state index contributed by atoms with van der Waals surface area (Å²) in [7, 11) is 0. The number of hydrogen-bond donors (Lipinski definition) is 1. The third-order valence-corrected chi connectivity index (χ3v) is 1.86. The molecule has 0 aliphatic heterocycles. The van der Waals surface area contributed by atoms with Gasteiger partial charge in [0.1, 0.15) is 5.82 Å². The number of benzene rings is 1. The molecule has 0 radical (unpaired) electrons.